The summed E-state index contributed by atoms with van der Waals surface area (Å²) < 4.78 is 31.6. The summed E-state index contributed by atoms with van der Waals surface area (Å²) in [5.41, 5.74) is 6.86. The van der Waals surface area contributed by atoms with Crippen LogP contribution in [0.25, 0.3) is 0 Å². The molecule has 0 aliphatic heterocycles. The zero-order valence-corrected chi connectivity index (χ0v) is 15.6. The number of likely N-dealkylation sites (N-methyl/N-ethyl adjacent to an activating group) is 1. The zero-order valence-electron chi connectivity index (χ0n) is 14.1. The summed E-state index contributed by atoms with van der Waals surface area (Å²) >= 11 is 5.92. The van der Waals surface area contributed by atoms with Crippen LogP contribution in [-0.4, -0.2) is 59.6 Å². The molecule has 0 aliphatic rings. The molecular formula is C14H24ClN3O6S. The highest BCUT2D eigenvalue weighted by Crippen LogP contribution is 2.23. The summed E-state index contributed by atoms with van der Waals surface area (Å²) in [6.45, 7) is 7.14. The van der Waals surface area contributed by atoms with E-state index in [2.05, 4.69) is 24.1 Å². The number of aliphatic hydroxyl groups excluding tert-OH is 1. The van der Waals surface area contributed by atoms with Crippen LogP contribution in [0.3, 0.4) is 0 Å². The van der Waals surface area contributed by atoms with Crippen LogP contribution in [0.4, 0.5) is 5.69 Å². The van der Waals surface area contributed by atoms with Gasteiger partial charge in [-0.05, 0) is 30.8 Å². The van der Waals surface area contributed by atoms with Crippen molar-refractivity contribution in [1.82, 2.24) is 10.2 Å². The van der Waals surface area contributed by atoms with Gasteiger partial charge in [0.2, 0.25) is 0 Å². The van der Waals surface area contributed by atoms with Crippen LogP contribution in [0.15, 0.2) is 12.1 Å². The second kappa shape index (κ2) is 11.2. The van der Waals surface area contributed by atoms with E-state index in [0.29, 0.717) is 28.4 Å². The smallest absolute Gasteiger partial charge is 0.394 e. The number of rotatable bonds is 7. The molecule has 1 aromatic carbocycles. The molecule has 0 atom stereocenters. The van der Waals surface area contributed by atoms with E-state index in [1.54, 1.807) is 0 Å². The predicted octanol–water partition coefficient (Wildman–Crippen LogP) is 0.833. The molecule has 0 radical (unpaired) electrons. The maximum atomic E-state index is 12.1. The van der Waals surface area contributed by atoms with Crippen molar-refractivity contribution in [3.8, 4) is 0 Å². The standard InChI is InChI=1S/C14H22ClN3O2.H2O4S/c1-3-18(4-2)6-5-17-14(20)11-8-12(15)13(16)7-10(11)9-19;1-5(2,3)4/h7-8,19H,3-6,9,16H2,1-2H3,(H,17,20);(H2,1,2,3,4). The number of halogens is 1. The average molecular weight is 398 g/mol. The molecule has 9 nitrogen and oxygen atoms in total. The monoisotopic (exact) mass is 397 g/mol. The van der Waals surface area contributed by atoms with E-state index >= 15 is 0 Å². The van der Waals surface area contributed by atoms with Crippen molar-refractivity contribution in [3.05, 3.63) is 28.3 Å². The summed E-state index contributed by atoms with van der Waals surface area (Å²) in [6.07, 6.45) is 0. The molecule has 0 unspecified atom stereocenters. The molecule has 0 bridgehead atoms. The van der Waals surface area contributed by atoms with Gasteiger partial charge in [0, 0.05) is 18.7 Å². The summed E-state index contributed by atoms with van der Waals surface area (Å²) in [5, 5.41) is 12.4. The number of nitrogens with zero attached hydrogens (tertiary/aromatic N) is 1. The summed E-state index contributed by atoms with van der Waals surface area (Å²) in [4.78, 5) is 14.3. The van der Waals surface area contributed by atoms with Gasteiger partial charge in [0.1, 0.15) is 0 Å². The number of anilines is 1. The third kappa shape index (κ3) is 10.2. The minimum Gasteiger partial charge on any atom is -0.398 e. The number of hydrogen-bond acceptors (Lipinski definition) is 6. The molecule has 0 fully saturated rings. The molecule has 25 heavy (non-hydrogen) atoms. The Morgan fingerprint density at radius 2 is 1.80 bits per heavy atom. The lowest BCUT2D eigenvalue weighted by Crippen LogP contribution is -2.35. The van der Waals surface area contributed by atoms with Crippen molar-refractivity contribution < 1.29 is 27.4 Å². The number of carbonyl (C=O) groups is 1. The Hall–Kier alpha value is -1.43. The second-order valence-electron chi connectivity index (χ2n) is 4.92. The molecule has 1 aromatic rings. The fourth-order valence-electron chi connectivity index (χ4n) is 1.94. The molecule has 1 rings (SSSR count). The molecule has 6 N–H and O–H groups in total. The zero-order chi connectivity index (χ0) is 19.6. The topological polar surface area (TPSA) is 153 Å². The molecule has 0 saturated heterocycles. The minimum absolute atomic E-state index is 0.247. The van der Waals surface area contributed by atoms with Crippen LogP contribution in [0, 0.1) is 0 Å². The predicted molar refractivity (Wildman–Crippen MR) is 96.1 cm³/mol. The van der Waals surface area contributed by atoms with E-state index in [0.717, 1.165) is 19.6 Å². The van der Waals surface area contributed by atoms with Crippen molar-refractivity contribution in [2.45, 2.75) is 20.5 Å². The molecule has 0 aliphatic carbocycles. The van der Waals surface area contributed by atoms with Crippen molar-refractivity contribution in [3.63, 3.8) is 0 Å². The number of hydrogen-bond donors (Lipinski definition) is 5. The first kappa shape index (κ1) is 23.6. The number of nitrogen functional groups attached to an aromatic ring is 1. The molecule has 0 heterocycles. The van der Waals surface area contributed by atoms with E-state index in [9.17, 15) is 9.90 Å². The SMILES string of the molecule is CCN(CC)CCNC(=O)c1cc(Cl)c(N)cc1CO.O=S(=O)(O)O. The van der Waals surface area contributed by atoms with E-state index in [-0.39, 0.29) is 12.5 Å². The number of nitrogens with two attached hydrogens (primary N) is 1. The number of nitrogens with one attached hydrogen (secondary N) is 1. The van der Waals surface area contributed by atoms with Gasteiger partial charge < -0.3 is 21.1 Å². The first-order chi connectivity index (χ1) is 11.5. The lowest BCUT2D eigenvalue weighted by molar-refractivity contribution is 0.0946. The first-order valence-corrected chi connectivity index (χ1v) is 9.20. The van der Waals surface area contributed by atoms with Gasteiger partial charge in [-0.15, -0.1) is 0 Å². The molecule has 1 amide bonds. The first-order valence-electron chi connectivity index (χ1n) is 7.42. The Bertz CT molecular complexity index is 657. The fraction of sp³-hybridized carbons (Fsp3) is 0.500. The van der Waals surface area contributed by atoms with E-state index in [4.69, 9.17) is 34.9 Å². The highest BCUT2D eigenvalue weighted by molar-refractivity contribution is 7.79. The van der Waals surface area contributed by atoms with Crippen molar-refractivity contribution in [2.24, 2.45) is 0 Å². The highest BCUT2D eigenvalue weighted by Gasteiger charge is 2.13. The number of benzene rings is 1. The lowest BCUT2D eigenvalue weighted by atomic mass is 10.1. The van der Waals surface area contributed by atoms with Gasteiger partial charge in [-0.1, -0.05) is 25.4 Å². The fourth-order valence-corrected chi connectivity index (χ4v) is 2.11. The third-order valence-corrected chi connectivity index (χ3v) is 3.57. The Labute approximate surface area is 152 Å². The molecule has 0 aromatic heterocycles. The van der Waals surface area contributed by atoms with Gasteiger partial charge in [0.05, 0.1) is 17.3 Å². The molecule has 11 heteroatoms. The van der Waals surface area contributed by atoms with E-state index in [1.165, 1.54) is 12.1 Å². The van der Waals surface area contributed by atoms with Gasteiger partial charge >= 0.3 is 10.4 Å². The van der Waals surface area contributed by atoms with Crippen molar-refractivity contribution >= 4 is 33.6 Å². The maximum Gasteiger partial charge on any atom is 0.394 e. The van der Waals surface area contributed by atoms with Gasteiger partial charge in [-0.2, -0.15) is 8.42 Å². The Balaban J connectivity index is 0.00000101. The lowest BCUT2D eigenvalue weighted by Gasteiger charge is -2.18. The van der Waals surface area contributed by atoms with Crippen LogP contribution in [0.5, 0.6) is 0 Å². The quantitative estimate of drug-likeness (QED) is 0.335. The van der Waals surface area contributed by atoms with Gasteiger partial charge in [0.15, 0.2) is 0 Å². The molecule has 144 valence electrons. The number of carbonyl (C=O) groups excluding carboxylic acids is 1. The van der Waals surface area contributed by atoms with Gasteiger partial charge in [-0.3, -0.25) is 13.9 Å². The van der Waals surface area contributed by atoms with Crippen molar-refractivity contribution in [2.75, 3.05) is 31.9 Å². The normalized spacial score (nSPS) is 11.0. The highest BCUT2D eigenvalue weighted by atomic mass is 35.5. The van der Waals surface area contributed by atoms with Crippen LogP contribution in [0.2, 0.25) is 5.02 Å². The Morgan fingerprint density at radius 1 is 1.28 bits per heavy atom. The van der Waals surface area contributed by atoms with Crippen LogP contribution < -0.4 is 11.1 Å². The minimum atomic E-state index is -4.67. The molecule has 0 spiro atoms. The van der Waals surface area contributed by atoms with Crippen molar-refractivity contribution in [1.29, 1.82) is 0 Å². The maximum absolute atomic E-state index is 12.1. The summed E-state index contributed by atoms with van der Waals surface area (Å²) in [7, 11) is -4.67. The summed E-state index contributed by atoms with van der Waals surface area (Å²) in [6, 6.07) is 3.02. The third-order valence-electron chi connectivity index (χ3n) is 3.25. The number of aliphatic hydroxyl groups is 1. The largest absolute Gasteiger partial charge is 0.398 e. The summed E-state index contributed by atoms with van der Waals surface area (Å²) in [5.74, 6) is -0.247. The van der Waals surface area contributed by atoms with Gasteiger partial charge in [-0.25, -0.2) is 0 Å². The number of amides is 1. The Kier molecular flexibility index (Phi) is 10.6. The van der Waals surface area contributed by atoms with E-state index in [1.807, 2.05) is 0 Å². The van der Waals surface area contributed by atoms with Gasteiger partial charge in [0.25, 0.3) is 5.91 Å². The molecule has 0 saturated carbocycles. The Morgan fingerprint density at radius 3 is 2.24 bits per heavy atom. The van der Waals surface area contributed by atoms with Crippen LogP contribution in [0.1, 0.15) is 29.8 Å². The second-order valence-corrected chi connectivity index (χ2v) is 6.22. The van der Waals surface area contributed by atoms with E-state index < -0.39 is 10.4 Å². The average Bonchev–Trinajstić information content (AvgIpc) is 2.52. The molecular weight excluding hydrogens is 374 g/mol. The van der Waals surface area contributed by atoms with Crippen LogP contribution >= 0.6 is 11.6 Å². The van der Waals surface area contributed by atoms with Crippen LogP contribution in [-0.2, 0) is 17.0 Å².